The van der Waals surface area contributed by atoms with E-state index in [4.69, 9.17) is 5.73 Å². The van der Waals surface area contributed by atoms with Gasteiger partial charge in [0.15, 0.2) is 0 Å². The van der Waals surface area contributed by atoms with Gasteiger partial charge in [0.1, 0.15) is 10.7 Å². The number of aromatic amines is 1. The lowest BCUT2D eigenvalue weighted by Gasteiger charge is -2.17. The second-order valence-electron chi connectivity index (χ2n) is 4.51. The second-order valence-corrected chi connectivity index (χ2v) is 6.52. The summed E-state index contributed by atoms with van der Waals surface area (Å²) in [4.78, 5) is -0.424. The molecule has 0 aliphatic rings. The van der Waals surface area contributed by atoms with E-state index in [9.17, 15) is 12.8 Å². The van der Waals surface area contributed by atoms with Crippen molar-refractivity contribution in [2.75, 3.05) is 12.8 Å². The van der Waals surface area contributed by atoms with Crippen LogP contribution < -0.4 is 5.73 Å². The molecule has 108 valence electrons. The van der Waals surface area contributed by atoms with Gasteiger partial charge in [-0.25, -0.2) is 12.8 Å². The smallest absolute Gasteiger partial charge is 0.246 e. The molecule has 2 rings (SSSR count). The molecule has 0 saturated carbocycles. The Hall–Kier alpha value is -1.93. The maximum absolute atomic E-state index is 13.9. The van der Waals surface area contributed by atoms with Crippen molar-refractivity contribution in [3.8, 4) is 0 Å². The number of sulfonamides is 1. The van der Waals surface area contributed by atoms with E-state index >= 15 is 0 Å². The number of rotatable bonds is 4. The van der Waals surface area contributed by atoms with Gasteiger partial charge >= 0.3 is 0 Å². The highest BCUT2D eigenvalue weighted by Gasteiger charge is 2.25. The zero-order valence-corrected chi connectivity index (χ0v) is 11.9. The van der Waals surface area contributed by atoms with E-state index in [0.29, 0.717) is 11.1 Å². The lowest BCUT2D eigenvalue weighted by Crippen LogP contribution is -2.27. The Labute approximate surface area is 116 Å². The van der Waals surface area contributed by atoms with Crippen LogP contribution >= 0.6 is 0 Å². The van der Waals surface area contributed by atoms with Crippen LogP contribution in [0.2, 0.25) is 0 Å². The Morgan fingerprint density at radius 3 is 2.75 bits per heavy atom. The van der Waals surface area contributed by atoms with Crippen LogP contribution in [-0.4, -0.2) is 30.0 Å². The van der Waals surface area contributed by atoms with Gasteiger partial charge in [-0.15, -0.1) is 0 Å². The summed E-state index contributed by atoms with van der Waals surface area (Å²) in [6.07, 6.45) is 3.08. The summed E-state index contributed by atoms with van der Waals surface area (Å²) in [5.41, 5.74) is 7.07. The fourth-order valence-corrected chi connectivity index (χ4v) is 2.98. The van der Waals surface area contributed by atoms with Crippen LogP contribution in [0.3, 0.4) is 0 Å². The molecule has 3 N–H and O–H groups in total. The standard InChI is InChI=1S/C12H15FN4O2S/c1-8-3-10(13)12(4-11(8)14)20(18,19)17(2)7-9-5-15-16-6-9/h3-6H,7,14H2,1-2H3,(H,15,16). The van der Waals surface area contributed by atoms with Crippen LogP contribution in [-0.2, 0) is 16.6 Å². The first-order valence-electron chi connectivity index (χ1n) is 5.82. The number of nitrogen functional groups attached to an aromatic ring is 1. The number of H-pyrrole nitrogens is 1. The molecule has 0 atom stereocenters. The predicted octanol–water partition coefficient (Wildman–Crippen LogP) is 1.26. The van der Waals surface area contributed by atoms with Crippen molar-refractivity contribution >= 4 is 15.7 Å². The summed E-state index contributed by atoms with van der Waals surface area (Å²) in [5, 5.41) is 6.32. The summed E-state index contributed by atoms with van der Waals surface area (Å²) in [5.74, 6) is -0.809. The van der Waals surface area contributed by atoms with Gasteiger partial charge in [0.25, 0.3) is 0 Å². The van der Waals surface area contributed by atoms with Crippen LogP contribution in [0.5, 0.6) is 0 Å². The Morgan fingerprint density at radius 2 is 2.15 bits per heavy atom. The molecule has 0 bridgehead atoms. The number of anilines is 1. The molecule has 8 heteroatoms. The van der Waals surface area contributed by atoms with Gasteiger partial charge in [0.2, 0.25) is 10.0 Å². The van der Waals surface area contributed by atoms with E-state index in [1.54, 1.807) is 13.1 Å². The Kier molecular flexibility index (Phi) is 3.78. The zero-order valence-electron chi connectivity index (χ0n) is 11.1. The third-order valence-electron chi connectivity index (χ3n) is 2.97. The van der Waals surface area contributed by atoms with E-state index < -0.39 is 20.7 Å². The van der Waals surface area contributed by atoms with Crippen molar-refractivity contribution in [3.63, 3.8) is 0 Å². The molecule has 0 fully saturated rings. The molecule has 2 aromatic rings. The van der Waals surface area contributed by atoms with Crippen LogP contribution in [0.25, 0.3) is 0 Å². The van der Waals surface area contributed by atoms with Crippen LogP contribution in [0, 0.1) is 12.7 Å². The minimum Gasteiger partial charge on any atom is -0.398 e. The molecule has 0 radical (unpaired) electrons. The van der Waals surface area contributed by atoms with Gasteiger partial charge in [0, 0.05) is 31.0 Å². The molecule has 0 aliphatic heterocycles. The van der Waals surface area contributed by atoms with Gasteiger partial charge < -0.3 is 5.73 Å². The van der Waals surface area contributed by atoms with Gasteiger partial charge in [-0.05, 0) is 24.6 Å². The molecule has 0 unspecified atom stereocenters. The number of nitrogens with one attached hydrogen (secondary N) is 1. The van der Waals surface area contributed by atoms with Crippen molar-refractivity contribution in [2.24, 2.45) is 0 Å². The van der Waals surface area contributed by atoms with E-state index in [-0.39, 0.29) is 12.2 Å². The number of hydrogen-bond acceptors (Lipinski definition) is 4. The Bertz CT molecular complexity index is 713. The quantitative estimate of drug-likeness (QED) is 0.831. The third kappa shape index (κ3) is 2.66. The lowest BCUT2D eigenvalue weighted by molar-refractivity contribution is 0.460. The van der Waals surface area contributed by atoms with Gasteiger partial charge in [0.05, 0.1) is 6.20 Å². The van der Waals surface area contributed by atoms with Gasteiger partial charge in [-0.2, -0.15) is 9.40 Å². The third-order valence-corrected chi connectivity index (χ3v) is 4.79. The lowest BCUT2D eigenvalue weighted by atomic mass is 10.2. The molecular weight excluding hydrogens is 283 g/mol. The summed E-state index contributed by atoms with van der Waals surface area (Å²) in [6, 6.07) is 2.26. The first-order chi connectivity index (χ1) is 9.32. The Morgan fingerprint density at radius 1 is 1.45 bits per heavy atom. The molecule has 1 aromatic carbocycles. The molecule has 1 heterocycles. The molecule has 0 aliphatic carbocycles. The number of hydrogen-bond donors (Lipinski definition) is 2. The summed E-state index contributed by atoms with van der Waals surface area (Å²) in [7, 11) is -2.58. The average molecular weight is 298 g/mol. The van der Waals surface area contributed by atoms with Gasteiger partial charge in [-0.1, -0.05) is 0 Å². The first-order valence-corrected chi connectivity index (χ1v) is 7.26. The maximum Gasteiger partial charge on any atom is 0.246 e. The largest absolute Gasteiger partial charge is 0.398 e. The van der Waals surface area contributed by atoms with Gasteiger partial charge in [-0.3, -0.25) is 5.10 Å². The maximum atomic E-state index is 13.9. The monoisotopic (exact) mass is 298 g/mol. The molecule has 1 aromatic heterocycles. The highest BCUT2D eigenvalue weighted by atomic mass is 32.2. The van der Waals surface area contributed by atoms with E-state index in [2.05, 4.69) is 10.2 Å². The van der Waals surface area contributed by atoms with Crippen LogP contribution in [0.4, 0.5) is 10.1 Å². The first kappa shape index (κ1) is 14.5. The number of nitrogens with zero attached hydrogens (tertiary/aromatic N) is 2. The van der Waals surface area contributed by atoms with Crippen molar-refractivity contribution in [1.82, 2.24) is 14.5 Å². The minimum atomic E-state index is -3.95. The van der Waals surface area contributed by atoms with E-state index in [1.807, 2.05) is 0 Å². The number of benzene rings is 1. The topological polar surface area (TPSA) is 92.1 Å². The molecule has 20 heavy (non-hydrogen) atoms. The molecule has 0 amide bonds. The SMILES string of the molecule is Cc1cc(F)c(S(=O)(=O)N(C)Cc2cn[nH]c2)cc1N. The number of nitrogens with two attached hydrogens (primary N) is 1. The van der Waals surface area contributed by atoms with Crippen molar-refractivity contribution in [1.29, 1.82) is 0 Å². The summed E-state index contributed by atoms with van der Waals surface area (Å²) >= 11 is 0. The molecule has 6 nitrogen and oxygen atoms in total. The fourth-order valence-electron chi connectivity index (χ4n) is 1.74. The molecule has 0 saturated heterocycles. The van der Waals surface area contributed by atoms with Crippen LogP contribution in [0.15, 0.2) is 29.4 Å². The van der Waals surface area contributed by atoms with Crippen molar-refractivity contribution in [3.05, 3.63) is 41.5 Å². The highest BCUT2D eigenvalue weighted by Crippen LogP contribution is 2.24. The predicted molar refractivity (Wildman–Crippen MR) is 72.8 cm³/mol. The number of halogens is 1. The van der Waals surface area contributed by atoms with E-state index in [1.165, 1.54) is 13.2 Å². The number of aromatic nitrogens is 2. The minimum absolute atomic E-state index is 0.0893. The highest BCUT2D eigenvalue weighted by molar-refractivity contribution is 7.89. The Balaban J connectivity index is 2.37. The van der Waals surface area contributed by atoms with Crippen LogP contribution in [0.1, 0.15) is 11.1 Å². The number of aryl methyl sites for hydroxylation is 1. The second kappa shape index (κ2) is 5.22. The fraction of sp³-hybridized carbons (Fsp3) is 0.250. The average Bonchev–Trinajstić information content (AvgIpc) is 2.86. The normalized spacial score (nSPS) is 12.0. The van der Waals surface area contributed by atoms with Crippen molar-refractivity contribution < 1.29 is 12.8 Å². The van der Waals surface area contributed by atoms with E-state index in [0.717, 1.165) is 16.4 Å². The van der Waals surface area contributed by atoms with Crippen molar-refractivity contribution in [2.45, 2.75) is 18.4 Å². The summed E-state index contributed by atoms with van der Waals surface area (Å²) in [6.45, 7) is 1.70. The molecule has 0 spiro atoms. The molecular formula is C12H15FN4O2S. The zero-order chi connectivity index (χ0) is 14.9. The summed E-state index contributed by atoms with van der Waals surface area (Å²) < 4.78 is 39.6.